The Hall–Kier alpha value is -4.39. The monoisotopic (exact) mass is 440 g/mol. The van der Waals surface area contributed by atoms with Crippen LogP contribution in [0.2, 0.25) is 0 Å². The van der Waals surface area contributed by atoms with E-state index >= 15 is 0 Å². The van der Waals surface area contributed by atoms with Gasteiger partial charge in [-0.1, -0.05) is 30.3 Å². The highest BCUT2D eigenvalue weighted by molar-refractivity contribution is 5.94. The lowest BCUT2D eigenvalue weighted by atomic mass is 10.1. The number of carbonyl (C=O) groups excluding carboxylic acids is 1. The molecule has 1 amide bonds. The van der Waals surface area contributed by atoms with Crippen molar-refractivity contribution in [1.82, 2.24) is 15.3 Å². The van der Waals surface area contributed by atoms with Crippen molar-refractivity contribution < 1.29 is 14.3 Å². The minimum absolute atomic E-state index is 0.181. The van der Waals surface area contributed by atoms with Crippen LogP contribution in [-0.2, 0) is 6.54 Å². The Bertz CT molecular complexity index is 1230. The van der Waals surface area contributed by atoms with Gasteiger partial charge in [-0.25, -0.2) is 9.97 Å². The van der Waals surface area contributed by atoms with Crippen molar-refractivity contribution in [2.75, 3.05) is 19.5 Å². The molecule has 0 saturated carbocycles. The van der Waals surface area contributed by atoms with Crippen LogP contribution >= 0.6 is 0 Å². The molecule has 2 N–H and O–H groups in total. The van der Waals surface area contributed by atoms with Crippen molar-refractivity contribution in [1.29, 1.82) is 0 Å². The Kier molecular flexibility index (Phi) is 6.80. The fraction of sp³-hybridized carbons (Fsp3) is 0.115. The molecule has 3 aromatic carbocycles. The molecule has 0 aliphatic carbocycles. The molecule has 1 aromatic heterocycles. The third-order valence-electron chi connectivity index (χ3n) is 5.03. The summed E-state index contributed by atoms with van der Waals surface area (Å²) in [5, 5.41) is 6.17. The fourth-order valence-electron chi connectivity index (χ4n) is 3.31. The molecule has 7 nitrogen and oxygen atoms in total. The molecule has 33 heavy (non-hydrogen) atoms. The molecule has 4 aromatic rings. The molecule has 0 bridgehead atoms. The zero-order valence-electron chi connectivity index (χ0n) is 18.4. The number of hydrogen-bond acceptors (Lipinski definition) is 6. The van der Waals surface area contributed by atoms with Gasteiger partial charge in [0.1, 0.15) is 17.3 Å². The average molecular weight is 441 g/mol. The van der Waals surface area contributed by atoms with Gasteiger partial charge in [0.15, 0.2) is 5.82 Å². The quantitative estimate of drug-likeness (QED) is 0.408. The molecule has 0 fully saturated rings. The summed E-state index contributed by atoms with van der Waals surface area (Å²) in [6, 6.07) is 24.3. The smallest absolute Gasteiger partial charge is 0.251 e. The van der Waals surface area contributed by atoms with Crippen molar-refractivity contribution in [3.05, 3.63) is 96.2 Å². The van der Waals surface area contributed by atoms with Crippen molar-refractivity contribution in [2.45, 2.75) is 6.54 Å². The number of amides is 1. The first-order valence-corrected chi connectivity index (χ1v) is 10.4. The zero-order valence-corrected chi connectivity index (χ0v) is 18.4. The van der Waals surface area contributed by atoms with Crippen molar-refractivity contribution in [2.24, 2.45) is 0 Å². The molecule has 0 aliphatic heterocycles. The van der Waals surface area contributed by atoms with E-state index in [2.05, 4.69) is 20.6 Å². The van der Waals surface area contributed by atoms with Crippen LogP contribution in [0.25, 0.3) is 11.4 Å². The first kappa shape index (κ1) is 21.8. The standard InChI is InChI=1S/C26H24N4O3/c1-32-22-12-13-23(33-2)20(16-22)17-28-26(31)19-8-10-21(11-9-19)29-24-14-15-27-25(30-24)18-6-4-3-5-7-18/h3-16H,17H2,1-2H3,(H,28,31)(H,27,29,30). The molecule has 1 heterocycles. The van der Waals surface area contributed by atoms with Crippen LogP contribution in [0.3, 0.4) is 0 Å². The van der Waals surface area contributed by atoms with Gasteiger partial charge in [0.2, 0.25) is 0 Å². The lowest BCUT2D eigenvalue weighted by Gasteiger charge is -2.12. The number of benzene rings is 3. The van der Waals surface area contributed by atoms with E-state index in [0.29, 0.717) is 35.2 Å². The third kappa shape index (κ3) is 5.46. The Morgan fingerprint density at radius 1 is 0.909 bits per heavy atom. The topological polar surface area (TPSA) is 85.4 Å². The van der Waals surface area contributed by atoms with E-state index in [9.17, 15) is 4.79 Å². The minimum Gasteiger partial charge on any atom is -0.497 e. The van der Waals surface area contributed by atoms with Crippen LogP contribution in [0.15, 0.2) is 85.1 Å². The maximum atomic E-state index is 12.6. The predicted octanol–water partition coefficient (Wildman–Crippen LogP) is 4.83. The fourth-order valence-corrected chi connectivity index (χ4v) is 3.31. The molecule has 0 unspecified atom stereocenters. The maximum Gasteiger partial charge on any atom is 0.251 e. The zero-order chi connectivity index (χ0) is 23.0. The van der Waals surface area contributed by atoms with Gasteiger partial charge in [-0.05, 0) is 48.5 Å². The van der Waals surface area contributed by atoms with Crippen molar-refractivity contribution in [3.63, 3.8) is 0 Å². The SMILES string of the molecule is COc1ccc(OC)c(CNC(=O)c2ccc(Nc3ccnc(-c4ccccc4)n3)cc2)c1. The predicted molar refractivity (Wildman–Crippen MR) is 128 cm³/mol. The second-order valence-corrected chi connectivity index (χ2v) is 7.19. The number of aromatic nitrogens is 2. The maximum absolute atomic E-state index is 12.6. The molecule has 0 atom stereocenters. The number of anilines is 2. The Morgan fingerprint density at radius 3 is 2.42 bits per heavy atom. The average Bonchev–Trinajstić information content (AvgIpc) is 2.88. The van der Waals surface area contributed by atoms with Gasteiger partial charge in [-0.3, -0.25) is 4.79 Å². The van der Waals surface area contributed by atoms with Gasteiger partial charge in [0.25, 0.3) is 5.91 Å². The summed E-state index contributed by atoms with van der Waals surface area (Å²) in [7, 11) is 3.20. The van der Waals surface area contributed by atoms with E-state index in [1.54, 1.807) is 38.6 Å². The summed E-state index contributed by atoms with van der Waals surface area (Å²) in [6.45, 7) is 0.322. The van der Waals surface area contributed by atoms with E-state index < -0.39 is 0 Å². The molecule has 0 saturated heterocycles. The molecular formula is C26H24N4O3. The normalized spacial score (nSPS) is 10.4. The highest BCUT2D eigenvalue weighted by atomic mass is 16.5. The summed E-state index contributed by atoms with van der Waals surface area (Å²) in [6.07, 6.45) is 1.71. The van der Waals surface area contributed by atoms with E-state index in [0.717, 1.165) is 16.8 Å². The summed E-state index contributed by atoms with van der Waals surface area (Å²) in [5.41, 5.74) is 3.15. The second-order valence-electron chi connectivity index (χ2n) is 7.19. The van der Waals surface area contributed by atoms with Crippen LogP contribution in [0, 0.1) is 0 Å². The molecular weight excluding hydrogens is 416 g/mol. The lowest BCUT2D eigenvalue weighted by molar-refractivity contribution is 0.0950. The van der Waals surface area contributed by atoms with Crippen LogP contribution in [0.1, 0.15) is 15.9 Å². The van der Waals surface area contributed by atoms with Crippen molar-refractivity contribution in [3.8, 4) is 22.9 Å². The van der Waals surface area contributed by atoms with E-state index in [-0.39, 0.29) is 5.91 Å². The van der Waals surface area contributed by atoms with Crippen LogP contribution in [0.5, 0.6) is 11.5 Å². The molecule has 4 rings (SSSR count). The van der Waals surface area contributed by atoms with Gasteiger partial charge in [-0.2, -0.15) is 0 Å². The third-order valence-corrected chi connectivity index (χ3v) is 5.03. The van der Waals surface area contributed by atoms with Crippen LogP contribution in [-0.4, -0.2) is 30.1 Å². The number of nitrogens with zero attached hydrogens (tertiary/aromatic N) is 2. The molecule has 166 valence electrons. The lowest BCUT2D eigenvalue weighted by Crippen LogP contribution is -2.23. The number of nitrogens with one attached hydrogen (secondary N) is 2. The van der Waals surface area contributed by atoms with Gasteiger partial charge < -0.3 is 20.1 Å². The Labute approximate surface area is 192 Å². The Balaban J connectivity index is 1.40. The van der Waals surface area contributed by atoms with Crippen LogP contribution in [0.4, 0.5) is 11.5 Å². The highest BCUT2D eigenvalue weighted by Crippen LogP contribution is 2.24. The molecule has 0 spiro atoms. The highest BCUT2D eigenvalue weighted by Gasteiger charge is 2.10. The van der Waals surface area contributed by atoms with E-state index in [1.807, 2.05) is 60.7 Å². The Morgan fingerprint density at radius 2 is 1.70 bits per heavy atom. The largest absolute Gasteiger partial charge is 0.497 e. The number of hydrogen-bond donors (Lipinski definition) is 2. The van der Waals surface area contributed by atoms with E-state index in [1.165, 1.54) is 0 Å². The van der Waals surface area contributed by atoms with E-state index in [4.69, 9.17) is 9.47 Å². The summed E-state index contributed by atoms with van der Waals surface area (Å²) in [4.78, 5) is 21.5. The van der Waals surface area contributed by atoms with Crippen molar-refractivity contribution >= 4 is 17.4 Å². The summed E-state index contributed by atoms with van der Waals surface area (Å²) in [5.74, 6) is 2.53. The molecule has 0 radical (unpaired) electrons. The number of methoxy groups -OCH3 is 2. The number of carbonyl (C=O) groups is 1. The number of rotatable bonds is 8. The van der Waals surface area contributed by atoms with Gasteiger partial charge in [0, 0.05) is 35.1 Å². The van der Waals surface area contributed by atoms with Gasteiger partial charge in [0.05, 0.1) is 14.2 Å². The van der Waals surface area contributed by atoms with Gasteiger partial charge >= 0.3 is 0 Å². The first-order valence-electron chi connectivity index (χ1n) is 10.4. The summed E-state index contributed by atoms with van der Waals surface area (Å²) < 4.78 is 10.6. The molecule has 0 aliphatic rings. The van der Waals surface area contributed by atoms with Crippen LogP contribution < -0.4 is 20.1 Å². The first-order chi connectivity index (χ1) is 16.2. The number of ether oxygens (including phenoxy) is 2. The minimum atomic E-state index is -0.181. The van der Waals surface area contributed by atoms with Gasteiger partial charge in [-0.15, -0.1) is 0 Å². The molecule has 7 heteroatoms. The second kappa shape index (κ2) is 10.3. The summed E-state index contributed by atoms with van der Waals surface area (Å²) >= 11 is 0.